The molecule has 1 heterocycles. The van der Waals surface area contributed by atoms with Crippen molar-refractivity contribution in [2.75, 3.05) is 0 Å². The molecule has 1 aliphatic heterocycles. The van der Waals surface area contributed by atoms with E-state index in [2.05, 4.69) is 22.5 Å². The quantitative estimate of drug-likeness (QED) is 0.529. The number of carbonyl (C=O) groups is 3. The van der Waals surface area contributed by atoms with Crippen molar-refractivity contribution in [1.82, 2.24) is 4.90 Å². The number of rotatable bonds is 7. The summed E-state index contributed by atoms with van der Waals surface area (Å²) >= 11 is 3.32. The van der Waals surface area contributed by atoms with Crippen LogP contribution in [0.25, 0.3) is 0 Å². The van der Waals surface area contributed by atoms with Crippen LogP contribution in [0.1, 0.15) is 60.2 Å². The van der Waals surface area contributed by atoms with Gasteiger partial charge in [-0.3, -0.25) is 19.3 Å². The maximum atomic E-state index is 12.6. The number of carbonyl (C=O) groups excluding carboxylic acids is 3. The molecule has 1 aliphatic rings. The van der Waals surface area contributed by atoms with Crippen molar-refractivity contribution in [3.8, 4) is 0 Å². The zero-order chi connectivity index (χ0) is 17.1. The summed E-state index contributed by atoms with van der Waals surface area (Å²) in [5.74, 6) is -0.478. The van der Waals surface area contributed by atoms with Gasteiger partial charge in [0.25, 0.3) is 11.8 Å². The molecule has 0 saturated heterocycles. The maximum Gasteiger partial charge on any atom is 0.262 e. The van der Waals surface area contributed by atoms with E-state index in [1.807, 2.05) is 6.92 Å². The summed E-state index contributed by atoms with van der Waals surface area (Å²) in [5.41, 5.74) is 1.52. The first-order valence-corrected chi connectivity index (χ1v) is 8.50. The van der Waals surface area contributed by atoms with E-state index in [1.165, 1.54) is 4.90 Å². The first-order chi connectivity index (χ1) is 10.9. The molecule has 1 unspecified atom stereocenters. The van der Waals surface area contributed by atoms with E-state index in [0.717, 1.165) is 10.9 Å². The van der Waals surface area contributed by atoms with Crippen molar-refractivity contribution in [3.63, 3.8) is 0 Å². The summed E-state index contributed by atoms with van der Waals surface area (Å²) in [4.78, 5) is 38.3. The van der Waals surface area contributed by atoms with Crippen LogP contribution in [0.3, 0.4) is 0 Å². The van der Waals surface area contributed by atoms with Crippen molar-refractivity contribution in [1.29, 1.82) is 0 Å². The number of imide groups is 1. The summed E-state index contributed by atoms with van der Waals surface area (Å²) in [5, 5.41) is 0. The number of amides is 2. The van der Waals surface area contributed by atoms with Crippen LogP contribution >= 0.6 is 15.9 Å². The van der Waals surface area contributed by atoms with Gasteiger partial charge in [-0.05, 0) is 38.0 Å². The molecule has 122 valence electrons. The number of halogens is 1. The van der Waals surface area contributed by atoms with Crippen molar-refractivity contribution in [2.24, 2.45) is 0 Å². The molecular formula is C18H20BrNO3. The smallest absolute Gasteiger partial charge is 0.262 e. The number of nitrogens with zero attached hydrogens (tertiary/aromatic N) is 1. The molecule has 1 aromatic carbocycles. The number of fused-ring (bicyclic) bond motifs is 1. The molecule has 4 nitrogen and oxygen atoms in total. The number of benzene rings is 1. The average Bonchev–Trinajstić information content (AvgIpc) is 2.72. The molecule has 0 N–H and O–H groups in total. The second kappa shape index (κ2) is 7.21. The lowest BCUT2D eigenvalue weighted by Crippen LogP contribution is -2.40. The van der Waals surface area contributed by atoms with Crippen LogP contribution in [-0.2, 0) is 4.79 Å². The fourth-order valence-electron chi connectivity index (χ4n) is 2.81. The van der Waals surface area contributed by atoms with Gasteiger partial charge in [0.15, 0.2) is 0 Å². The lowest BCUT2D eigenvalue weighted by molar-refractivity contribution is -0.119. The highest BCUT2D eigenvalue weighted by molar-refractivity contribution is 9.10. The minimum absolute atomic E-state index is 0.151. The third kappa shape index (κ3) is 3.61. The highest BCUT2D eigenvalue weighted by Crippen LogP contribution is 2.30. The normalized spacial score (nSPS) is 14.8. The van der Waals surface area contributed by atoms with Gasteiger partial charge in [-0.1, -0.05) is 35.0 Å². The Labute approximate surface area is 144 Å². The lowest BCUT2D eigenvalue weighted by Gasteiger charge is -2.26. The predicted molar refractivity (Wildman–Crippen MR) is 92.4 cm³/mol. The van der Waals surface area contributed by atoms with E-state index in [1.54, 1.807) is 25.1 Å². The van der Waals surface area contributed by atoms with Crippen molar-refractivity contribution in [2.45, 2.75) is 45.6 Å². The molecule has 1 atom stereocenters. The summed E-state index contributed by atoms with van der Waals surface area (Å²) in [6, 6.07) is 4.61. The molecule has 0 aliphatic carbocycles. The zero-order valence-corrected chi connectivity index (χ0v) is 15.0. The minimum Gasteiger partial charge on any atom is -0.300 e. The Bertz CT molecular complexity index is 681. The van der Waals surface area contributed by atoms with Crippen LogP contribution < -0.4 is 0 Å². The van der Waals surface area contributed by atoms with Gasteiger partial charge in [0.05, 0.1) is 17.2 Å². The fraction of sp³-hybridized carbons (Fsp3) is 0.389. The highest BCUT2D eigenvalue weighted by Gasteiger charge is 2.40. The van der Waals surface area contributed by atoms with Gasteiger partial charge in [0.2, 0.25) is 0 Å². The standard InChI is InChI=1S/C18H20BrNO3/c1-4-5-13(21)7-9-16(11(2)3)20-17(22)14-8-6-12(19)10-15(14)18(20)23/h6,8,10,16H,2,4-5,7,9H2,1,3H3. The van der Waals surface area contributed by atoms with Crippen LogP contribution in [0.15, 0.2) is 34.8 Å². The topological polar surface area (TPSA) is 54.5 Å². The van der Waals surface area contributed by atoms with Crippen LogP contribution in [0.2, 0.25) is 0 Å². The van der Waals surface area contributed by atoms with Crippen molar-refractivity contribution < 1.29 is 14.4 Å². The van der Waals surface area contributed by atoms with E-state index in [-0.39, 0.29) is 17.6 Å². The van der Waals surface area contributed by atoms with E-state index >= 15 is 0 Å². The molecule has 23 heavy (non-hydrogen) atoms. The van der Waals surface area contributed by atoms with Crippen LogP contribution in [-0.4, -0.2) is 28.5 Å². The van der Waals surface area contributed by atoms with E-state index in [0.29, 0.717) is 36.0 Å². The Morgan fingerprint density at radius 2 is 1.87 bits per heavy atom. The lowest BCUT2D eigenvalue weighted by atomic mass is 10.00. The largest absolute Gasteiger partial charge is 0.300 e. The zero-order valence-electron chi connectivity index (χ0n) is 13.4. The summed E-state index contributed by atoms with van der Waals surface area (Å²) < 4.78 is 0.754. The molecule has 1 aromatic rings. The van der Waals surface area contributed by atoms with Crippen molar-refractivity contribution in [3.05, 3.63) is 46.0 Å². The molecule has 0 fully saturated rings. The second-order valence-electron chi connectivity index (χ2n) is 5.86. The first-order valence-electron chi connectivity index (χ1n) is 7.71. The number of Topliss-reactive ketones (excluding diaryl/α,β-unsaturated/α-hetero) is 1. The molecule has 5 heteroatoms. The number of hydrogen-bond donors (Lipinski definition) is 0. The van der Waals surface area contributed by atoms with Gasteiger partial charge in [-0.2, -0.15) is 0 Å². The molecule has 0 bridgehead atoms. The van der Waals surface area contributed by atoms with Gasteiger partial charge in [-0.25, -0.2) is 0 Å². The molecule has 0 saturated carbocycles. The van der Waals surface area contributed by atoms with Gasteiger partial charge in [0, 0.05) is 17.3 Å². The Morgan fingerprint density at radius 3 is 2.48 bits per heavy atom. The Kier molecular flexibility index (Phi) is 5.52. The van der Waals surface area contributed by atoms with Gasteiger partial charge < -0.3 is 0 Å². The maximum absolute atomic E-state index is 12.6. The number of hydrogen-bond acceptors (Lipinski definition) is 3. The van der Waals surface area contributed by atoms with Gasteiger partial charge >= 0.3 is 0 Å². The van der Waals surface area contributed by atoms with E-state index in [4.69, 9.17) is 0 Å². The first kappa shape index (κ1) is 17.6. The van der Waals surface area contributed by atoms with Gasteiger partial charge in [-0.15, -0.1) is 0 Å². The highest BCUT2D eigenvalue weighted by atomic mass is 79.9. The number of ketones is 1. The monoisotopic (exact) mass is 377 g/mol. The van der Waals surface area contributed by atoms with Crippen molar-refractivity contribution >= 4 is 33.5 Å². The Morgan fingerprint density at radius 1 is 1.22 bits per heavy atom. The Balaban J connectivity index is 2.24. The van der Waals surface area contributed by atoms with Crippen LogP contribution in [0, 0.1) is 0 Å². The van der Waals surface area contributed by atoms with Crippen LogP contribution in [0.4, 0.5) is 0 Å². The average molecular weight is 378 g/mol. The summed E-state index contributed by atoms with van der Waals surface area (Å²) in [7, 11) is 0. The van der Waals surface area contributed by atoms with E-state index in [9.17, 15) is 14.4 Å². The predicted octanol–water partition coefficient (Wildman–Crippen LogP) is 4.14. The molecule has 0 spiro atoms. The second-order valence-corrected chi connectivity index (χ2v) is 6.78. The summed E-state index contributed by atoms with van der Waals surface area (Å²) in [6.07, 6.45) is 2.11. The fourth-order valence-corrected chi connectivity index (χ4v) is 3.17. The Hall–Kier alpha value is -1.75. The summed E-state index contributed by atoms with van der Waals surface area (Å²) in [6.45, 7) is 7.65. The molecular weight excluding hydrogens is 358 g/mol. The third-order valence-electron chi connectivity index (χ3n) is 3.99. The van der Waals surface area contributed by atoms with Crippen LogP contribution in [0.5, 0.6) is 0 Å². The molecule has 2 rings (SSSR count). The third-order valence-corrected chi connectivity index (χ3v) is 4.48. The molecule has 0 aromatic heterocycles. The van der Waals surface area contributed by atoms with Gasteiger partial charge in [0.1, 0.15) is 5.78 Å². The minimum atomic E-state index is -0.443. The molecule has 2 amide bonds. The SMILES string of the molecule is C=C(C)C(CCC(=O)CCC)N1C(=O)c2ccc(Br)cc2C1=O. The molecule has 0 radical (unpaired) electrons. The van der Waals surface area contributed by atoms with E-state index < -0.39 is 6.04 Å².